The second-order valence-electron chi connectivity index (χ2n) is 4.23. The molecule has 2 N–H and O–H groups in total. The van der Waals surface area contributed by atoms with Crippen LogP contribution in [-0.2, 0) is 0 Å². The minimum atomic E-state index is 0.417. The fraction of sp³-hybridized carbons (Fsp3) is 1.00. The van der Waals surface area contributed by atoms with E-state index in [4.69, 9.17) is 5.73 Å². The number of rotatable bonds is 1. The van der Waals surface area contributed by atoms with E-state index in [1.54, 1.807) is 0 Å². The van der Waals surface area contributed by atoms with Crippen LogP contribution < -0.4 is 5.73 Å². The van der Waals surface area contributed by atoms with Gasteiger partial charge < -0.3 is 5.73 Å². The van der Waals surface area contributed by atoms with E-state index in [0.29, 0.717) is 6.04 Å². The molecule has 0 aliphatic heterocycles. The van der Waals surface area contributed by atoms with Crippen molar-refractivity contribution in [1.82, 2.24) is 0 Å². The molecule has 0 aromatic heterocycles. The van der Waals surface area contributed by atoms with Gasteiger partial charge in [-0.25, -0.2) is 0 Å². The van der Waals surface area contributed by atoms with Gasteiger partial charge >= 0.3 is 0 Å². The Labute approximate surface area is 70.4 Å². The molecule has 0 spiro atoms. The lowest BCUT2D eigenvalue weighted by Gasteiger charge is -2.17. The maximum Gasteiger partial charge on any atom is 0.00387 e. The molecular weight excluding hydrogens is 134 g/mol. The van der Waals surface area contributed by atoms with Crippen LogP contribution in [0.15, 0.2) is 0 Å². The highest BCUT2D eigenvalue weighted by atomic mass is 14.6. The van der Waals surface area contributed by atoms with E-state index >= 15 is 0 Å². The molecule has 0 aromatic carbocycles. The van der Waals surface area contributed by atoms with Crippen molar-refractivity contribution in [2.75, 3.05) is 0 Å². The molecule has 1 nitrogen and oxygen atoms in total. The lowest BCUT2D eigenvalue weighted by molar-refractivity contribution is 0.387. The number of nitrogens with two attached hydrogens (primary N) is 1. The standard InChI is InChI=1S/C10H21N/c1-8-4-3-5-10(7-6-8)9(2)11/h8-10H,3-7,11H2,1-2H3. The van der Waals surface area contributed by atoms with E-state index in [9.17, 15) is 0 Å². The molecule has 0 radical (unpaired) electrons. The van der Waals surface area contributed by atoms with Crippen LogP contribution in [0.25, 0.3) is 0 Å². The van der Waals surface area contributed by atoms with E-state index in [1.807, 2.05) is 0 Å². The van der Waals surface area contributed by atoms with Gasteiger partial charge in [0, 0.05) is 6.04 Å². The molecule has 0 bridgehead atoms. The minimum absolute atomic E-state index is 0.417. The van der Waals surface area contributed by atoms with Crippen LogP contribution in [0, 0.1) is 11.8 Å². The van der Waals surface area contributed by atoms with Crippen molar-refractivity contribution in [2.24, 2.45) is 17.6 Å². The number of hydrogen-bond donors (Lipinski definition) is 1. The molecule has 1 rings (SSSR count). The van der Waals surface area contributed by atoms with Crippen molar-refractivity contribution < 1.29 is 0 Å². The Morgan fingerprint density at radius 3 is 2.55 bits per heavy atom. The summed E-state index contributed by atoms with van der Waals surface area (Å²) in [6.07, 6.45) is 6.93. The molecule has 3 unspecified atom stereocenters. The summed E-state index contributed by atoms with van der Waals surface area (Å²) in [5.74, 6) is 1.75. The Bertz CT molecular complexity index is 109. The maximum absolute atomic E-state index is 5.88. The van der Waals surface area contributed by atoms with Crippen LogP contribution in [0.3, 0.4) is 0 Å². The summed E-state index contributed by atoms with van der Waals surface area (Å²) in [6, 6.07) is 0.417. The molecular formula is C10H21N. The Morgan fingerprint density at radius 2 is 1.91 bits per heavy atom. The second kappa shape index (κ2) is 4.10. The van der Waals surface area contributed by atoms with E-state index < -0.39 is 0 Å². The normalized spacial score (nSPS) is 36.3. The Hall–Kier alpha value is -0.0400. The van der Waals surface area contributed by atoms with Gasteiger partial charge in [0.15, 0.2) is 0 Å². The number of hydrogen-bond acceptors (Lipinski definition) is 1. The van der Waals surface area contributed by atoms with Crippen LogP contribution in [0.2, 0.25) is 0 Å². The van der Waals surface area contributed by atoms with E-state index in [0.717, 1.165) is 11.8 Å². The van der Waals surface area contributed by atoms with Gasteiger partial charge in [-0.2, -0.15) is 0 Å². The van der Waals surface area contributed by atoms with Crippen molar-refractivity contribution in [2.45, 2.75) is 52.0 Å². The third kappa shape index (κ3) is 2.82. The van der Waals surface area contributed by atoms with Crippen molar-refractivity contribution in [3.63, 3.8) is 0 Å². The van der Waals surface area contributed by atoms with Gasteiger partial charge in [0.2, 0.25) is 0 Å². The highest BCUT2D eigenvalue weighted by Gasteiger charge is 2.18. The van der Waals surface area contributed by atoms with Gasteiger partial charge in [0.1, 0.15) is 0 Å². The summed E-state index contributed by atoms with van der Waals surface area (Å²) in [4.78, 5) is 0. The molecule has 0 aromatic rings. The molecule has 1 aliphatic rings. The SMILES string of the molecule is CC1CCCC(C(C)N)CC1. The molecule has 1 heteroatoms. The maximum atomic E-state index is 5.88. The van der Waals surface area contributed by atoms with Crippen LogP contribution in [0.5, 0.6) is 0 Å². The molecule has 66 valence electrons. The average Bonchev–Trinajstić information content (AvgIpc) is 2.13. The molecule has 0 amide bonds. The Balaban J connectivity index is 2.34. The van der Waals surface area contributed by atoms with Gasteiger partial charge in [-0.15, -0.1) is 0 Å². The fourth-order valence-corrected chi connectivity index (χ4v) is 2.04. The summed E-state index contributed by atoms with van der Waals surface area (Å²) < 4.78 is 0. The largest absolute Gasteiger partial charge is 0.328 e. The van der Waals surface area contributed by atoms with Gasteiger partial charge in [-0.3, -0.25) is 0 Å². The first kappa shape index (κ1) is 9.05. The highest BCUT2D eigenvalue weighted by Crippen LogP contribution is 2.27. The Morgan fingerprint density at radius 1 is 1.18 bits per heavy atom. The molecule has 1 aliphatic carbocycles. The zero-order valence-corrected chi connectivity index (χ0v) is 7.84. The summed E-state index contributed by atoms with van der Waals surface area (Å²) >= 11 is 0. The summed E-state index contributed by atoms with van der Waals surface area (Å²) in [5, 5.41) is 0. The van der Waals surface area contributed by atoms with Crippen molar-refractivity contribution in [3.05, 3.63) is 0 Å². The smallest absolute Gasteiger partial charge is 0.00387 e. The molecule has 0 heterocycles. The summed E-state index contributed by atoms with van der Waals surface area (Å²) in [7, 11) is 0. The molecule has 1 saturated carbocycles. The lowest BCUT2D eigenvalue weighted by Crippen LogP contribution is -2.25. The molecule has 1 fully saturated rings. The molecule has 0 saturated heterocycles. The average molecular weight is 155 g/mol. The predicted octanol–water partition coefficient (Wildman–Crippen LogP) is 2.55. The van der Waals surface area contributed by atoms with Crippen LogP contribution in [0.4, 0.5) is 0 Å². The quantitative estimate of drug-likeness (QED) is 0.579. The van der Waals surface area contributed by atoms with E-state index in [-0.39, 0.29) is 0 Å². The van der Waals surface area contributed by atoms with Crippen molar-refractivity contribution >= 4 is 0 Å². The van der Waals surface area contributed by atoms with Crippen molar-refractivity contribution in [3.8, 4) is 0 Å². The van der Waals surface area contributed by atoms with Crippen LogP contribution in [-0.4, -0.2) is 6.04 Å². The van der Waals surface area contributed by atoms with Crippen LogP contribution in [0.1, 0.15) is 46.0 Å². The topological polar surface area (TPSA) is 26.0 Å². The predicted molar refractivity (Wildman–Crippen MR) is 49.4 cm³/mol. The second-order valence-corrected chi connectivity index (χ2v) is 4.23. The third-order valence-electron chi connectivity index (χ3n) is 3.05. The molecule has 3 atom stereocenters. The summed E-state index contributed by atoms with van der Waals surface area (Å²) in [6.45, 7) is 4.52. The first-order chi connectivity index (χ1) is 5.20. The van der Waals surface area contributed by atoms with Crippen LogP contribution >= 0.6 is 0 Å². The van der Waals surface area contributed by atoms with E-state index in [2.05, 4.69) is 13.8 Å². The highest BCUT2D eigenvalue weighted by molar-refractivity contribution is 4.73. The van der Waals surface area contributed by atoms with Gasteiger partial charge in [-0.1, -0.05) is 26.2 Å². The van der Waals surface area contributed by atoms with E-state index in [1.165, 1.54) is 32.1 Å². The summed E-state index contributed by atoms with van der Waals surface area (Å²) in [5.41, 5.74) is 5.88. The third-order valence-corrected chi connectivity index (χ3v) is 3.05. The zero-order valence-electron chi connectivity index (χ0n) is 7.84. The zero-order chi connectivity index (χ0) is 8.27. The lowest BCUT2D eigenvalue weighted by atomic mass is 9.93. The monoisotopic (exact) mass is 155 g/mol. The molecule has 11 heavy (non-hydrogen) atoms. The van der Waals surface area contributed by atoms with Gasteiger partial charge in [-0.05, 0) is 31.6 Å². The van der Waals surface area contributed by atoms with Gasteiger partial charge in [0.25, 0.3) is 0 Å². The fourth-order valence-electron chi connectivity index (χ4n) is 2.04. The first-order valence-electron chi connectivity index (χ1n) is 4.95. The Kier molecular flexibility index (Phi) is 3.38. The van der Waals surface area contributed by atoms with Gasteiger partial charge in [0.05, 0.1) is 0 Å². The minimum Gasteiger partial charge on any atom is -0.328 e. The van der Waals surface area contributed by atoms with Crippen molar-refractivity contribution in [1.29, 1.82) is 0 Å². The first-order valence-corrected chi connectivity index (χ1v) is 4.95.